The molecule has 0 saturated carbocycles. The third-order valence-corrected chi connectivity index (χ3v) is 6.53. The first-order valence-electron chi connectivity index (χ1n) is 11.1. The molecule has 0 spiro atoms. The third kappa shape index (κ3) is 4.96. The fourth-order valence-electron chi connectivity index (χ4n) is 4.20. The second-order valence-corrected chi connectivity index (χ2v) is 9.53. The molecule has 3 aromatic rings. The highest BCUT2D eigenvalue weighted by Crippen LogP contribution is 2.44. The second-order valence-electron chi connectivity index (χ2n) is 8.61. The number of ketones is 1. The van der Waals surface area contributed by atoms with Crippen molar-refractivity contribution in [1.29, 1.82) is 0 Å². The Labute approximate surface area is 208 Å². The summed E-state index contributed by atoms with van der Waals surface area (Å²) < 4.78 is 0.736. The number of fused-ring (bicyclic) bond motifs is 1. The summed E-state index contributed by atoms with van der Waals surface area (Å²) in [5.41, 5.74) is 3.34. The Morgan fingerprint density at radius 1 is 1.03 bits per heavy atom. The molecule has 172 valence electrons. The summed E-state index contributed by atoms with van der Waals surface area (Å²) in [5, 5.41) is 11.5. The van der Waals surface area contributed by atoms with Crippen molar-refractivity contribution >= 4 is 39.4 Å². The van der Waals surface area contributed by atoms with E-state index in [1.54, 1.807) is 23.1 Å². The number of rotatable bonds is 7. The van der Waals surface area contributed by atoms with E-state index in [0.717, 1.165) is 26.7 Å². The number of nitrogens with zero attached hydrogens (tertiary/aromatic N) is 1. The minimum Gasteiger partial charge on any atom is -0.375 e. The van der Waals surface area contributed by atoms with Gasteiger partial charge in [-0.25, -0.2) is 0 Å². The standard InChI is InChI=1S/C29H26BrNO3/c1-20-12-13-21(2)23(16-20)19-31-27-15-14-24(30)17-26(27)29(34,28(31)33)18-25(32)11-7-6-10-22-8-4-3-5-9-22/h3-17,34H,18-19H2,1-2H3/b10-6+,11-7+/t29-/m0/s1. The molecule has 0 fully saturated rings. The van der Waals surface area contributed by atoms with Crippen LogP contribution in [-0.2, 0) is 21.7 Å². The number of allylic oxidation sites excluding steroid dienone is 3. The van der Waals surface area contributed by atoms with Crippen LogP contribution in [0.2, 0.25) is 0 Å². The van der Waals surface area contributed by atoms with Gasteiger partial charge < -0.3 is 10.0 Å². The molecule has 1 heterocycles. The minimum atomic E-state index is -1.92. The lowest BCUT2D eigenvalue weighted by Gasteiger charge is -2.23. The average molecular weight is 516 g/mol. The van der Waals surface area contributed by atoms with E-state index in [1.807, 2.05) is 80.6 Å². The largest absolute Gasteiger partial charge is 0.375 e. The normalized spacial score (nSPS) is 17.6. The molecule has 1 N–H and O–H groups in total. The minimum absolute atomic E-state index is 0.325. The second kappa shape index (κ2) is 9.92. The van der Waals surface area contributed by atoms with Gasteiger partial charge in [-0.3, -0.25) is 9.59 Å². The number of amides is 1. The van der Waals surface area contributed by atoms with E-state index in [4.69, 9.17) is 0 Å². The lowest BCUT2D eigenvalue weighted by atomic mass is 9.90. The van der Waals surface area contributed by atoms with Gasteiger partial charge in [-0.2, -0.15) is 0 Å². The van der Waals surface area contributed by atoms with Crippen molar-refractivity contribution in [2.24, 2.45) is 0 Å². The van der Waals surface area contributed by atoms with Gasteiger partial charge in [0.2, 0.25) is 0 Å². The molecule has 34 heavy (non-hydrogen) atoms. The monoisotopic (exact) mass is 515 g/mol. The maximum atomic E-state index is 13.5. The fraction of sp³-hybridized carbons (Fsp3) is 0.172. The van der Waals surface area contributed by atoms with Crippen LogP contribution >= 0.6 is 15.9 Å². The number of halogens is 1. The molecule has 5 heteroatoms. The molecule has 0 radical (unpaired) electrons. The van der Waals surface area contributed by atoms with Crippen LogP contribution in [-0.4, -0.2) is 16.8 Å². The zero-order chi connectivity index (χ0) is 24.3. The smallest absolute Gasteiger partial charge is 0.264 e. The highest BCUT2D eigenvalue weighted by Gasteiger charge is 2.50. The van der Waals surface area contributed by atoms with Gasteiger partial charge in [-0.1, -0.05) is 88.3 Å². The Bertz CT molecular complexity index is 1300. The number of anilines is 1. The molecule has 0 saturated heterocycles. The van der Waals surface area contributed by atoms with Gasteiger partial charge in [0.25, 0.3) is 5.91 Å². The number of aliphatic hydroxyl groups is 1. The molecule has 0 aromatic heterocycles. The summed E-state index contributed by atoms with van der Waals surface area (Å²) in [5.74, 6) is -0.809. The van der Waals surface area contributed by atoms with Crippen molar-refractivity contribution in [3.63, 3.8) is 0 Å². The van der Waals surface area contributed by atoms with Gasteiger partial charge in [0.15, 0.2) is 11.4 Å². The van der Waals surface area contributed by atoms with Crippen LogP contribution in [0.3, 0.4) is 0 Å². The average Bonchev–Trinajstić information content (AvgIpc) is 3.01. The van der Waals surface area contributed by atoms with Gasteiger partial charge >= 0.3 is 0 Å². The van der Waals surface area contributed by atoms with E-state index in [2.05, 4.69) is 15.9 Å². The summed E-state index contributed by atoms with van der Waals surface area (Å²) in [4.78, 5) is 27.9. The first-order valence-corrected chi connectivity index (χ1v) is 11.9. The number of hydrogen-bond acceptors (Lipinski definition) is 3. The van der Waals surface area contributed by atoms with Crippen molar-refractivity contribution < 1.29 is 14.7 Å². The number of carbonyl (C=O) groups excluding carboxylic acids is 2. The molecule has 0 bridgehead atoms. The van der Waals surface area contributed by atoms with E-state index in [9.17, 15) is 14.7 Å². The molecule has 1 aliphatic rings. The molecule has 0 aliphatic carbocycles. The van der Waals surface area contributed by atoms with Crippen molar-refractivity contribution in [1.82, 2.24) is 0 Å². The number of aryl methyl sites for hydroxylation is 2. The lowest BCUT2D eigenvalue weighted by molar-refractivity contribution is -0.140. The van der Waals surface area contributed by atoms with E-state index in [-0.39, 0.29) is 12.2 Å². The van der Waals surface area contributed by atoms with Crippen molar-refractivity contribution in [3.8, 4) is 0 Å². The SMILES string of the molecule is Cc1ccc(C)c(CN2C(=O)[C@](O)(CC(=O)/C=C/C=C/c3ccccc3)c3cc(Br)ccc32)c1. The molecular weight excluding hydrogens is 490 g/mol. The third-order valence-electron chi connectivity index (χ3n) is 6.04. The zero-order valence-electron chi connectivity index (χ0n) is 19.2. The molecule has 4 rings (SSSR count). The Morgan fingerprint density at radius 3 is 2.56 bits per heavy atom. The van der Waals surface area contributed by atoms with Crippen LogP contribution in [0.25, 0.3) is 6.08 Å². The van der Waals surface area contributed by atoms with Crippen molar-refractivity contribution in [2.45, 2.75) is 32.4 Å². The molecule has 0 unspecified atom stereocenters. The maximum Gasteiger partial charge on any atom is 0.264 e. The quantitative estimate of drug-likeness (QED) is 0.308. The van der Waals surface area contributed by atoms with Crippen molar-refractivity contribution in [3.05, 3.63) is 117 Å². The molecular formula is C29H26BrNO3. The Morgan fingerprint density at radius 2 is 1.79 bits per heavy atom. The molecule has 4 nitrogen and oxygen atoms in total. The molecule has 1 atom stereocenters. The van der Waals surface area contributed by atoms with Crippen LogP contribution < -0.4 is 4.90 Å². The van der Waals surface area contributed by atoms with Crippen molar-refractivity contribution in [2.75, 3.05) is 4.90 Å². The Balaban J connectivity index is 1.58. The van der Waals surface area contributed by atoms with Gasteiger partial charge in [0.1, 0.15) is 0 Å². The Hall–Kier alpha value is -3.28. The zero-order valence-corrected chi connectivity index (χ0v) is 20.7. The summed E-state index contributed by atoms with van der Waals surface area (Å²) >= 11 is 3.44. The van der Waals surface area contributed by atoms with E-state index in [0.29, 0.717) is 17.8 Å². The van der Waals surface area contributed by atoms with E-state index in [1.165, 1.54) is 6.08 Å². The first kappa shape index (κ1) is 23.9. The van der Waals surface area contributed by atoms with Gasteiger partial charge in [0.05, 0.1) is 18.7 Å². The van der Waals surface area contributed by atoms with Gasteiger partial charge in [-0.05, 0) is 54.8 Å². The fourth-order valence-corrected chi connectivity index (χ4v) is 4.56. The number of hydrogen-bond donors (Lipinski definition) is 1. The number of carbonyl (C=O) groups is 2. The van der Waals surface area contributed by atoms with Crippen LogP contribution in [0, 0.1) is 13.8 Å². The van der Waals surface area contributed by atoms with E-state index >= 15 is 0 Å². The topological polar surface area (TPSA) is 57.6 Å². The predicted octanol–water partition coefficient (Wildman–Crippen LogP) is 6.03. The summed E-state index contributed by atoms with van der Waals surface area (Å²) in [6.45, 7) is 4.34. The highest BCUT2D eigenvalue weighted by atomic mass is 79.9. The Kier molecular flexibility index (Phi) is 6.96. The highest BCUT2D eigenvalue weighted by molar-refractivity contribution is 9.10. The molecule has 3 aromatic carbocycles. The number of benzene rings is 3. The summed E-state index contributed by atoms with van der Waals surface area (Å²) in [7, 11) is 0. The molecule has 1 aliphatic heterocycles. The lowest BCUT2D eigenvalue weighted by Crippen LogP contribution is -2.41. The maximum absolute atomic E-state index is 13.5. The van der Waals surface area contributed by atoms with Crippen LogP contribution in [0.5, 0.6) is 0 Å². The summed E-state index contributed by atoms with van der Waals surface area (Å²) in [6.07, 6.45) is 6.36. The van der Waals surface area contributed by atoms with Crippen LogP contribution in [0.15, 0.2) is 89.4 Å². The summed E-state index contributed by atoms with van der Waals surface area (Å²) in [6, 6.07) is 21.2. The van der Waals surface area contributed by atoms with Crippen LogP contribution in [0.1, 0.15) is 34.2 Å². The molecule has 1 amide bonds. The van der Waals surface area contributed by atoms with E-state index < -0.39 is 11.5 Å². The predicted molar refractivity (Wildman–Crippen MR) is 139 cm³/mol. The van der Waals surface area contributed by atoms with Gasteiger partial charge in [-0.15, -0.1) is 0 Å². The van der Waals surface area contributed by atoms with Crippen LogP contribution in [0.4, 0.5) is 5.69 Å². The first-order chi connectivity index (χ1) is 16.3. The van der Waals surface area contributed by atoms with Gasteiger partial charge in [0, 0.05) is 10.0 Å².